The first-order chi connectivity index (χ1) is 8.88. The Hall–Kier alpha value is -1.51. The number of carbonyl (C=O) groups is 1. The predicted molar refractivity (Wildman–Crippen MR) is 78.4 cm³/mol. The number of benzene rings is 1. The van der Waals surface area contributed by atoms with Crippen molar-refractivity contribution in [3.63, 3.8) is 0 Å². The van der Waals surface area contributed by atoms with E-state index in [2.05, 4.69) is 38.2 Å². The smallest absolute Gasteiger partial charge is 0.220 e. The molecule has 106 valence electrons. The average molecular weight is 263 g/mol. The SMILES string of the molecule is CCCC(=O)NCc1cc(C(C)(C)C)ccc1OC. The highest BCUT2D eigenvalue weighted by atomic mass is 16.5. The van der Waals surface area contributed by atoms with E-state index >= 15 is 0 Å². The van der Waals surface area contributed by atoms with Gasteiger partial charge in [-0.2, -0.15) is 0 Å². The van der Waals surface area contributed by atoms with Gasteiger partial charge in [-0.1, -0.05) is 33.8 Å². The highest BCUT2D eigenvalue weighted by molar-refractivity contribution is 5.75. The standard InChI is InChI=1S/C16H25NO2/c1-6-7-15(18)17-11-12-10-13(16(2,3)4)8-9-14(12)19-5/h8-10H,6-7,11H2,1-5H3,(H,17,18). The predicted octanol–water partition coefficient (Wildman–Crippen LogP) is 3.41. The van der Waals surface area contributed by atoms with Gasteiger partial charge in [0.05, 0.1) is 7.11 Å². The van der Waals surface area contributed by atoms with Gasteiger partial charge in [0.1, 0.15) is 5.75 Å². The van der Waals surface area contributed by atoms with Gasteiger partial charge in [-0.15, -0.1) is 0 Å². The van der Waals surface area contributed by atoms with Gasteiger partial charge in [0.25, 0.3) is 0 Å². The summed E-state index contributed by atoms with van der Waals surface area (Å²) in [5.74, 6) is 0.913. The Kier molecular flexibility index (Phi) is 5.40. The van der Waals surface area contributed by atoms with E-state index in [1.54, 1.807) is 7.11 Å². The summed E-state index contributed by atoms with van der Waals surface area (Å²) < 4.78 is 5.35. The molecule has 0 fully saturated rings. The van der Waals surface area contributed by atoms with Crippen LogP contribution in [-0.4, -0.2) is 13.0 Å². The largest absolute Gasteiger partial charge is 0.496 e. The van der Waals surface area contributed by atoms with Crippen molar-refractivity contribution in [1.82, 2.24) is 5.32 Å². The Bertz CT molecular complexity index is 433. The number of rotatable bonds is 5. The van der Waals surface area contributed by atoms with Crippen LogP contribution >= 0.6 is 0 Å². The van der Waals surface area contributed by atoms with Crippen LogP contribution in [-0.2, 0) is 16.8 Å². The van der Waals surface area contributed by atoms with E-state index in [0.717, 1.165) is 17.7 Å². The lowest BCUT2D eigenvalue weighted by Crippen LogP contribution is -2.23. The maximum atomic E-state index is 11.5. The molecule has 1 N–H and O–H groups in total. The van der Waals surface area contributed by atoms with Crippen LogP contribution < -0.4 is 10.1 Å². The van der Waals surface area contributed by atoms with E-state index in [1.165, 1.54) is 5.56 Å². The summed E-state index contributed by atoms with van der Waals surface area (Å²) in [6, 6.07) is 6.17. The molecule has 1 rings (SSSR count). The zero-order chi connectivity index (χ0) is 14.5. The second kappa shape index (κ2) is 6.60. The normalized spacial score (nSPS) is 11.2. The van der Waals surface area contributed by atoms with Crippen molar-refractivity contribution < 1.29 is 9.53 Å². The lowest BCUT2D eigenvalue weighted by atomic mass is 9.86. The maximum Gasteiger partial charge on any atom is 0.220 e. The summed E-state index contributed by atoms with van der Waals surface area (Å²) in [7, 11) is 1.66. The third kappa shape index (κ3) is 4.58. The molecule has 3 heteroatoms. The van der Waals surface area contributed by atoms with Crippen molar-refractivity contribution in [3.8, 4) is 5.75 Å². The van der Waals surface area contributed by atoms with Crippen LogP contribution in [0.1, 0.15) is 51.7 Å². The number of hydrogen-bond acceptors (Lipinski definition) is 2. The molecular formula is C16H25NO2. The van der Waals surface area contributed by atoms with Crippen LogP contribution in [0.5, 0.6) is 5.75 Å². The van der Waals surface area contributed by atoms with Crippen molar-refractivity contribution in [1.29, 1.82) is 0 Å². The zero-order valence-electron chi connectivity index (χ0n) is 12.7. The summed E-state index contributed by atoms with van der Waals surface area (Å²) in [5, 5.41) is 2.93. The molecule has 0 bridgehead atoms. The first-order valence-corrected chi connectivity index (χ1v) is 6.82. The van der Waals surface area contributed by atoms with E-state index < -0.39 is 0 Å². The Morgan fingerprint density at radius 1 is 1.32 bits per heavy atom. The van der Waals surface area contributed by atoms with Gasteiger partial charge in [0, 0.05) is 18.5 Å². The lowest BCUT2D eigenvalue weighted by Gasteiger charge is -2.21. The quantitative estimate of drug-likeness (QED) is 0.884. The molecular weight excluding hydrogens is 238 g/mol. The van der Waals surface area contributed by atoms with Gasteiger partial charge in [-0.05, 0) is 29.5 Å². The number of ether oxygens (including phenoxy) is 1. The summed E-state index contributed by atoms with van der Waals surface area (Å²) >= 11 is 0. The molecule has 0 aliphatic rings. The molecule has 0 spiro atoms. The molecule has 0 heterocycles. The Labute approximate surface area is 116 Å². The van der Waals surface area contributed by atoms with E-state index in [1.807, 2.05) is 13.0 Å². The lowest BCUT2D eigenvalue weighted by molar-refractivity contribution is -0.121. The molecule has 0 radical (unpaired) electrons. The van der Waals surface area contributed by atoms with E-state index in [9.17, 15) is 4.79 Å². The van der Waals surface area contributed by atoms with Gasteiger partial charge < -0.3 is 10.1 Å². The Morgan fingerprint density at radius 2 is 2.00 bits per heavy atom. The van der Waals surface area contributed by atoms with Gasteiger partial charge in [0.2, 0.25) is 5.91 Å². The molecule has 1 aromatic rings. The molecule has 0 saturated heterocycles. The number of nitrogens with one attached hydrogen (secondary N) is 1. The second-order valence-electron chi connectivity index (χ2n) is 5.80. The summed E-state index contributed by atoms with van der Waals surface area (Å²) in [4.78, 5) is 11.5. The van der Waals surface area contributed by atoms with Gasteiger partial charge in [-0.25, -0.2) is 0 Å². The van der Waals surface area contributed by atoms with Crippen molar-refractivity contribution >= 4 is 5.91 Å². The fraction of sp³-hybridized carbons (Fsp3) is 0.562. The molecule has 19 heavy (non-hydrogen) atoms. The summed E-state index contributed by atoms with van der Waals surface area (Å²) in [6.07, 6.45) is 1.44. The molecule has 1 amide bonds. The van der Waals surface area contributed by atoms with Crippen LogP contribution in [0.4, 0.5) is 0 Å². The van der Waals surface area contributed by atoms with Crippen molar-refractivity contribution in [2.45, 2.75) is 52.5 Å². The molecule has 0 aliphatic carbocycles. The summed E-state index contributed by atoms with van der Waals surface area (Å²) in [5.41, 5.74) is 2.36. The van der Waals surface area contributed by atoms with E-state index in [4.69, 9.17) is 4.74 Å². The van der Waals surface area contributed by atoms with Crippen LogP contribution in [0, 0.1) is 0 Å². The second-order valence-corrected chi connectivity index (χ2v) is 5.80. The number of methoxy groups -OCH3 is 1. The minimum Gasteiger partial charge on any atom is -0.496 e. The first-order valence-electron chi connectivity index (χ1n) is 6.82. The number of amides is 1. The monoisotopic (exact) mass is 263 g/mol. The maximum absolute atomic E-state index is 11.5. The molecule has 1 aromatic carbocycles. The van der Waals surface area contributed by atoms with Crippen LogP contribution in [0.15, 0.2) is 18.2 Å². The highest BCUT2D eigenvalue weighted by Gasteiger charge is 2.16. The Balaban J connectivity index is 2.88. The minimum absolute atomic E-state index is 0.0886. The third-order valence-electron chi connectivity index (χ3n) is 3.10. The average Bonchev–Trinajstić information content (AvgIpc) is 2.35. The fourth-order valence-corrected chi connectivity index (χ4v) is 1.89. The summed E-state index contributed by atoms with van der Waals surface area (Å²) in [6.45, 7) is 9.04. The zero-order valence-corrected chi connectivity index (χ0v) is 12.7. The van der Waals surface area contributed by atoms with Gasteiger partial charge in [-0.3, -0.25) is 4.79 Å². The third-order valence-corrected chi connectivity index (χ3v) is 3.10. The Morgan fingerprint density at radius 3 is 2.53 bits per heavy atom. The molecule has 0 saturated carbocycles. The first kappa shape index (κ1) is 15.5. The minimum atomic E-state index is 0.0886. The topological polar surface area (TPSA) is 38.3 Å². The van der Waals surface area contributed by atoms with Crippen molar-refractivity contribution in [3.05, 3.63) is 29.3 Å². The fourth-order valence-electron chi connectivity index (χ4n) is 1.89. The van der Waals surface area contributed by atoms with Crippen molar-refractivity contribution in [2.24, 2.45) is 0 Å². The van der Waals surface area contributed by atoms with Crippen LogP contribution in [0.2, 0.25) is 0 Å². The van der Waals surface area contributed by atoms with E-state index in [0.29, 0.717) is 13.0 Å². The van der Waals surface area contributed by atoms with Gasteiger partial charge in [0.15, 0.2) is 0 Å². The highest BCUT2D eigenvalue weighted by Crippen LogP contribution is 2.27. The molecule has 3 nitrogen and oxygen atoms in total. The molecule has 0 aliphatic heterocycles. The number of carbonyl (C=O) groups excluding carboxylic acids is 1. The van der Waals surface area contributed by atoms with Crippen molar-refractivity contribution in [2.75, 3.05) is 7.11 Å². The van der Waals surface area contributed by atoms with Crippen LogP contribution in [0.25, 0.3) is 0 Å². The number of hydrogen-bond donors (Lipinski definition) is 1. The molecule has 0 aromatic heterocycles. The van der Waals surface area contributed by atoms with Gasteiger partial charge >= 0.3 is 0 Å². The van der Waals surface area contributed by atoms with Crippen LogP contribution in [0.3, 0.4) is 0 Å². The van der Waals surface area contributed by atoms with E-state index in [-0.39, 0.29) is 11.3 Å². The molecule has 0 unspecified atom stereocenters. The molecule has 0 atom stereocenters.